The normalized spacial score (nSPS) is 18.6. The molecule has 2 unspecified atom stereocenters. The molecule has 0 bridgehead atoms. The minimum Gasteiger partial charge on any atom is -0.508 e. The van der Waals surface area contributed by atoms with Crippen LogP contribution in [0.2, 0.25) is 0 Å². The smallest absolute Gasteiger partial charge is 0.303 e. The Morgan fingerprint density at radius 3 is 2.77 bits per heavy atom. The number of aliphatic hydroxyl groups excluding tert-OH is 1. The number of hydrogen-bond acceptors (Lipinski definition) is 4. The molecule has 1 amide bonds. The van der Waals surface area contributed by atoms with Gasteiger partial charge in [0.2, 0.25) is 5.91 Å². The molecule has 0 spiro atoms. The van der Waals surface area contributed by atoms with Crippen molar-refractivity contribution >= 4 is 11.9 Å². The number of benzene rings is 1. The molecule has 142 valence electrons. The van der Waals surface area contributed by atoms with Crippen LogP contribution >= 0.6 is 0 Å². The van der Waals surface area contributed by atoms with Crippen LogP contribution in [0.3, 0.4) is 0 Å². The highest BCUT2D eigenvalue weighted by atomic mass is 16.4. The Hall–Kier alpha value is -2.34. The molecule has 6 nitrogen and oxygen atoms in total. The van der Waals surface area contributed by atoms with Gasteiger partial charge < -0.3 is 20.2 Å². The standard InChI is InChI=1S/C20H27NO5/c22-17-7-5-6-15(14-17)18(23)11-9-16-10-12-19(24)21(16)13-4-2-1-3-8-20(25)26/h5-7,9,11,14,16,18,22-23H,1-4,8,10,12-13H2,(H,25,26)/b11-9+. The van der Waals surface area contributed by atoms with Crippen molar-refractivity contribution < 1.29 is 24.9 Å². The van der Waals surface area contributed by atoms with E-state index >= 15 is 0 Å². The topological polar surface area (TPSA) is 98.1 Å². The minimum atomic E-state index is -0.823. The average Bonchev–Trinajstić information content (AvgIpc) is 2.95. The summed E-state index contributed by atoms with van der Waals surface area (Å²) >= 11 is 0. The summed E-state index contributed by atoms with van der Waals surface area (Å²) in [6.07, 6.45) is 7.42. The molecule has 1 heterocycles. The molecule has 2 atom stereocenters. The number of amides is 1. The number of likely N-dealkylation sites (tertiary alicyclic amines) is 1. The van der Waals surface area contributed by atoms with Crippen molar-refractivity contribution in [3.8, 4) is 5.75 Å². The monoisotopic (exact) mass is 361 g/mol. The summed E-state index contributed by atoms with van der Waals surface area (Å²) < 4.78 is 0. The Labute approximate surface area is 153 Å². The number of phenols is 1. The lowest BCUT2D eigenvalue weighted by Crippen LogP contribution is -2.32. The van der Waals surface area contributed by atoms with Crippen LogP contribution < -0.4 is 0 Å². The molecule has 0 saturated carbocycles. The molecule has 3 N–H and O–H groups in total. The third kappa shape index (κ3) is 6.19. The van der Waals surface area contributed by atoms with Gasteiger partial charge in [-0.3, -0.25) is 9.59 Å². The van der Waals surface area contributed by atoms with Crippen molar-refractivity contribution in [2.75, 3.05) is 6.54 Å². The summed E-state index contributed by atoms with van der Waals surface area (Å²) in [6, 6.07) is 6.46. The van der Waals surface area contributed by atoms with Gasteiger partial charge in [0.25, 0.3) is 0 Å². The van der Waals surface area contributed by atoms with Crippen LogP contribution in [0.15, 0.2) is 36.4 Å². The molecule has 1 fully saturated rings. The average molecular weight is 361 g/mol. The van der Waals surface area contributed by atoms with Gasteiger partial charge in [-0.25, -0.2) is 0 Å². The van der Waals surface area contributed by atoms with Gasteiger partial charge in [0, 0.05) is 19.4 Å². The molecule has 1 aliphatic rings. The summed E-state index contributed by atoms with van der Waals surface area (Å²) in [7, 11) is 0. The molecule has 0 aromatic heterocycles. The highest BCUT2D eigenvalue weighted by Gasteiger charge is 2.28. The zero-order chi connectivity index (χ0) is 18.9. The van der Waals surface area contributed by atoms with E-state index in [1.807, 2.05) is 11.0 Å². The zero-order valence-corrected chi connectivity index (χ0v) is 14.9. The Morgan fingerprint density at radius 2 is 2.04 bits per heavy atom. The largest absolute Gasteiger partial charge is 0.508 e. The van der Waals surface area contributed by atoms with E-state index in [0.29, 0.717) is 24.9 Å². The van der Waals surface area contributed by atoms with Gasteiger partial charge in [-0.2, -0.15) is 0 Å². The van der Waals surface area contributed by atoms with Crippen LogP contribution in [0.5, 0.6) is 5.75 Å². The van der Waals surface area contributed by atoms with Crippen LogP contribution in [0.1, 0.15) is 56.6 Å². The van der Waals surface area contributed by atoms with Gasteiger partial charge in [0.1, 0.15) is 5.75 Å². The third-order valence-electron chi connectivity index (χ3n) is 4.64. The summed E-state index contributed by atoms with van der Waals surface area (Å²) in [6.45, 7) is 0.656. The lowest BCUT2D eigenvalue weighted by molar-refractivity contribution is -0.137. The number of unbranched alkanes of at least 4 members (excludes halogenated alkanes) is 3. The van der Waals surface area contributed by atoms with Crippen LogP contribution in [0.4, 0.5) is 0 Å². The molecular formula is C20H27NO5. The first kappa shape index (κ1) is 20.0. The van der Waals surface area contributed by atoms with E-state index in [1.54, 1.807) is 24.3 Å². The van der Waals surface area contributed by atoms with Gasteiger partial charge in [-0.15, -0.1) is 0 Å². The number of aliphatic hydroxyl groups is 1. The number of carboxylic acids is 1. The molecule has 1 aromatic rings. The van der Waals surface area contributed by atoms with Crippen molar-refractivity contribution in [3.05, 3.63) is 42.0 Å². The van der Waals surface area contributed by atoms with Crippen LogP contribution in [0, 0.1) is 0 Å². The quantitative estimate of drug-likeness (QED) is 0.440. The zero-order valence-electron chi connectivity index (χ0n) is 14.9. The second kappa shape index (κ2) is 9.97. The van der Waals surface area contributed by atoms with E-state index in [9.17, 15) is 19.8 Å². The molecular weight excluding hydrogens is 334 g/mol. The first-order valence-corrected chi connectivity index (χ1v) is 9.14. The molecule has 2 rings (SSSR count). The highest BCUT2D eigenvalue weighted by molar-refractivity contribution is 5.79. The lowest BCUT2D eigenvalue weighted by Gasteiger charge is -2.22. The van der Waals surface area contributed by atoms with Crippen molar-refractivity contribution in [2.45, 2.75) is 57.1 Å². The van der Waals surface area contributed by atoms with Crippen molar-refractivity contribution in [3.63, 3.8) is 0 Å². The molecule has 1 aliphatic heterocycles. The van der Waals surface area contributed by atoms with E-state index in [2.05, 4.69) is 0 Å². The Bertz CT molecular complexity index is 643. The Balaban J connectivity index is 1.81. The molecule has 1 aromatic carbocycles. The fourth-order valence-electron chi connectivity index (χ4n) is 3.21. The predicted octanol–water partition coefficient (Wildman–Crippen LogP) is 3.01. The van der Waals surface area contributed by atoms with E-state index in [1.165, 1.54) is 6.07 Å². The maximum atomic E-state index is 12.1. The van der Waals surface area contributed by atoms with E-state index in [-0.39, 0.29) is 24.1 Å². The highest BCUT2D eigenvalue weighted by Crippen LogP contribution is 2.24. The fourth-order valence-corrected chi connectivity index (χ4v) is 3.21. The number of phenolic OH excluding ortho intramolecular Hbond substituents is 1. The summed E-state index contributed by atoms with van der Waals surface area (Å²) in [5.74, 6) is -0.539. The van der Waals surface area contributed by atoms with Crippen LogP contribution in [-0.2, 0) is 9.59 Å². The number of aromatic hydroxyl groups is 1. The Morgan fingerprint density at radius 1 is 1.27 bits per heavy atom. The van der Waals surface area contributed by atoms with Gasteiger partial charge in [-0.05, 0) is 37.0 Å². The van der Waals surface area contributed by atoms with E-state index < -0.39 is 12.1 Å². The third-order valence-corrected chi connectivity index (χ3v) is 4.64. The fraction of sp³-hybridized carbons (Fsp3) is 0.500. The molecule has 26 heavy (non-hydrogen) atoms. The predicted molar refractivity (Wildman–Crippen MR) is 97.7 cm³/mol. The second-order valence-electron chi connectivity index (χ2n) is 6.68. The number of carboxylic acid groups (broad SMARTS) is 1. The summed E-state index contributed by atoms with van der Waals surface area (Å²) in [5.41, 5.74) is 0.607. The number of rotatable bonds is 10. The lowest BCUT2D eigenvalue weighted by atomic mass is 10.1. The van der Waals surface area contributed by atoms with Gasteiger partial charge in [0.15, 0.2) is 0 Å². The second-order valence-corrected chi connectivity index (χ2v) is 6.68. The summed E-state index contributed by atoms with van der Waals surface area (Å²) in [4.78, 5) is 24.4. The first-order valence-electron chi connectivity index (χ1n) is 9.14. The summed E-state index contributed by atoms with van der Waals surface area (Å²) in [5, 5.41) is 28.3. The van der Waals surface area contributed by atoms with Crippen molar-refractivity contribution in [1.82, 2.24) is 4.90 Å². The SMILES string of the molecule is O=C(O)CCCCCCN1C(=O)CCC1/C=C/C(O)c1cccc(O)c1. The van der Waals surface area contributed by atoms with Crippen LogP contribution in [-0.4, -0.2) is 44.7 Å². The number of carbonyl (C=O) groups excluding carboxylic acids is 1. The number of carbonyl (C=O) groups is 2. The first-order chi connectivity index (χ1) is 12.5. The number of nitrogens with zero attached hydrogens (tertiary/aromatic N) is 1. The van der Waals surface area contributed by atoms with Gasteiger partial charge in [-0.1, -0.05) is 37.1 Å². The molecule has 1 saturated heterocycles. The van der Waals surface area contributed by atoms with Crippen molar-refractivity contribution in [2.24, 2.45) is 0 Å². The van der Waals surface area contributed by atoms with E-state index in [0.717, 1.165) is 25.7 Å². The molecule has 0 radical (unpaired) electrons. The molecule has 0 aliphatic carbocycles. The van der Waals surface area contributed by atoms with Gasteiger partial charge >= 0.3 is 5.97 Å². The Kier molecular flexibility index (Phi) is 7.66. The number of aliphatic carboxylic acids is 1. The van der Waals surface area contributed by atoms with Crippen LogP contribution in [0.25, 0.3) is 0 Å². The maximum absolute atomic E-state index is 12.1. The van der Waals surface area contributed by atoms with Gasteiger partial charge in [0.05, 0.1) is 12.1 Å². The maximum Gasteiger partial charge on any atom is 0.303 e. The minimum absolute atomic E-state index is 0.0199. The van der Waals surface area contributed by atoms with Crippen molar-refractivity contribution in [1.29, 1.82) is 0 Å². The molecule has 6 heteroatoms. The van der Waals surface area contributed by atoms with E-state index in [4.69, 9.17) is 5.11 Å². The number of hydrogen-bond donors (Lipinski definition) is 3.